The molecule has 1 rings (SSSR count). The van der Waals surface area contributed by atoms with Crippen LogP contribution in [0.5, 0.6) is 0 Å². The van der Waals surface area contributed by atoms with Gasteiger partial charge in [0.1, 0.15) is 6.04 Å². The summed E-state index contributed by atoms with van der Waals surface area (Å²) in [6.45, 7) is 3.42. The number of nitrogens with one attached hydrogen (secondary N) is 1. The summed E-state index contributed by atoms with van der Waals surface area (Å²) in [6, 6.07) is -0.795. The first-order chi connectivity index (χ1) is 6.99. The molecular formula is C10H18N2O3. The fraction of sp³-hybridized carbons (Fsp3) is 0.800. The second kappa shape index (κ2) is 5.11. The van der Waals surface area contributed by atoms with Crippen LogP contribution in [0.25, 0.3) is 0 Å². The molecule has 0 bridgehead atoms. The van der Waals surface area contributed by atoms with Gasteiger partial charge >= 0.3 is 5.97 Å². The second-order valence-electron chi connectivity index (χ2n) is 4.25. The van der Waals surface area contributed by atoms with Crippen molar-refractivity contribution in [2.75, 3.05) is 20.1 Å². The number of likely N-dealkylation sites (tertiary alicyclic amines) is 1. The maximum Gasteiger partial charge on any atom is 0.325 e. The van der Waals surface area contributed by atoms with E-state index in [9.17, 15) is 9.59 Å². The predicted octanol–water partition coefficient (Wildman–Crippen LogP) is -0.0825. The predicted molar refractivity (Wildman–Crippen MR) is 55.5 cm³/mol. The molecule has 0 saturated carbocycles. The fourth-order valence-electron chi connectivity index (χ4n) is 1.82. The van der Waals surface area contributed by atoms with Crippen molar-refractivity contribution in [3.8, 4) is 0 Å². The monoisotopic (exact) mass is 214 g/mol. The molecule has 0 radical (unpaired) electrons. The number of aliphatic carboxylic acids is 1. The van der Waals surface area contributed by atoms with Gasteiger partial charge in [-0.25, -0.2) is 0 Å². The van der Waals surface area contributed by atoms with Gasteiger partial charge in [0.05, 0.1) is 0 Å². The highest BCUT2D eigenvalue weighted by molar-refractivity contribution is 5.83. The van der Waals surface area contributed by atoms with Crippen molar-refractivity contribution in [3.05, 3.63) is 0 Å². The lowest BCUT2D eigenvalue weighted by Crippen LogP contribution is -2.39. The first-order valence-electron chi connectivity index (χ1n) is 5.19. The fourth-order valence-corrected chi connectivity index (χ4v) is 1.82. The SMILES string of the molecule is C[C@H](NC(=O)CC1CCN(C)C1)C(=O)O. The molecule has 2 atom stereocenters. The lowest BCUT2D eigenvalue weighted by Gasteiger charge is -2.12. The summed E-state index contributed by atoms with van der Waals surface area (Å²) < 4.78 is 0. The van der Waals surface area contributed by atoms with Crippen LogP contribution >= 0.6 is 0 Å². The summed E-state index contributed by atoms with van der Waals surface area (Å²) in [7, 11) is 2.03. The zero-order chi connectivity index (χ0) is 11.4. The smallest absolute Gasteiger partial charge is 0.325 e. The van der Waals surface area contributed by atoms with Crippen LogP contribution in [0.4, 0.5) is 0 Å². The van der Waals surface area contributed by atoms with Crippen LogP contribution in [-0.2, 0) is 9.59 Å². The van der Waals surface area contributed by atoms with Gasteiger partial charge in [-0.1, -0.05) is 0 Å². The van der Waals surface area contributed by atoms with Crippen molar-refractivity contribution in [1.82, 2.24) is 10.2 Å². The van der Waals surface area contributed by atoms with Crippen molar-refractivity contribution in [2.45, 2.75) is 25.8 Å². The first-order valence-corrected chi connectivity index (χ1v) is 5.19. The average molecular weight is 214 g/mol. The van der Waals surface area contributed by atoms with Gasteiger partial charge in [-0.2, -0.15) is 0 Å². The molecule has 1 aliphatic heterocycles. The number of rotatable bonds is 4. The van der Waals surface area contributed by atoms with Crippen molar-refractivity contribution in [2.24, 2.45) is 5.92 Å². The minimum absolute atomic E-state index is 0.162. The van der Waals surface area contributed by atoms with Crippen LogP contribution in [0.1, 0.15) is 19.8 Å². The van der Waals surface area contributed by atoms with E-state index in [-0.39, 0.29) is 5.91 Å². The third kappa shape index (κ3) is 3.87. The molecule has 1 unspecified atom stereocenters. The van der Waals surface area contributed by atoms with E-state index in [1.54, 1.807) is 0 Å². The summed E-state index contributed by atoms with van der Waals surface area (Å²) in [5.41, 5.74) is 0. The normalized spacial score (nSPS) is 23.7. The van der Waals surface area contributed by atoms with E-state index in [0.29, 0.717) is 12.3 Å². The third-order valence-corrected chi connectivity index (χ3v) is 2.71. The number of carboxylic acids is 1. The highest BCUT2D eigenvalue weighted by atomic mass is 16.4. The molecule has 1 aliphatic rings. The van der Waals surface area contributed by atoms with E-state index in [0.717, 1.165) is 19.5 Å². The second-order valence-corrected chi connectivity index (χ2v) is 4.25. The van der Waals surface area contributed by atoms with Crippen LogP contribution in [0.15, 0.2) is 0 Å². The molecule has 0 aromatic carbocycles. The maximum atomic E-state index is 11.4. The number of hydrogen-bond acceptors (Lipinski definition) is 3. The molecule has 5 heteroatoms. The molecule has 0 spiro atoms. The van der Waals surface area contributed by atoms with Gasteiger partial charge in [-0.15, -0.1) is 0 Å². The van der Waals surface area contributed by atoms with Crippen molar-refractivity contribution < 1.29 is 14.7 Å². The largest absolute Gasteiger partial charge is 0.480 e. The first kappa shape index (κ1) is 12.0. The van der Waals surface area contributed by atoms with Crippen LogP contribution in [-0.4, -0.2) is 48.1 Å². The Bertz CT molecular complexity index is 255. The van der Waals surface area contributed by atoms with E-state index in [1.807, 2.05) is 7.05 Å². The quantitative estimate of drug-likeness (QED) is 0.686. The van der Waals surface area contributed by atoms with Crippen molar-refractivity contribution in [3.63, 3.8) is 0 Å². The van der Waals surface area contributed by atoms with E-state index >= 15 is 0 Å². The summed E-state index contributed by atoms with van der Waals surface area (Å²) in [5.74, 6) is -0.784. The molecule has 1 heterocycles. The molecular weight excluding hydrogens is 196 g/mol. The van der Waals surface area contributed by atoms with Gasteiger partial charge in [-0.05, 0) is 32.9 Å². The van der Waals surface area contributed by atoms with Crippen LogP contribution in [0, 0.1) is 5.92 Å². The van der Waals surface area contributed by atoms with Gasteiger partial charge < -0.3 is 15.3 Å². The minimum Gasteiger partial charge on any atom is -0.480 e. The zero-order valence-corrected chi connectivity index (χ0v) is 9.19. The molecule has 0 aromatic rings. The number of hydrogen-bond donors (Lipinski definition) is 2. The number of carboxylic acid groups (broad SMARTS) is 1. The van der Waals surface area contributed by atoms with Gasteiger partial charge in [0.25, 0.3) is 0 Å². The summed E-state index contributed by atoms with van der Waals surface area (Å²) in [4.78, 5) is 24.1. The molecule has 86 valence electrons. The highest BCUT2D eigenvalue weighted by Gasteiger charge is 2.23. The van der Waals surface area contributed by atoms with Crippen molar-refractivity contribution in [1.29, 1.82) is 0 Å². The lowest BCUT2D eigenvalue weighted by atomic mass is 10.0. The number of carbonyl (C=O) groups excluding carboxylic acids is 1. The molecule has 0 aromatic heterocycles. The third-order valence-electron chi connectivity index (χ3n) is 2.71. The molecule has 1 amide bonds. The van der Waals surface area contributed by atoms with Crippen molar-refractivity contribution >= 4 is 11.9 Å². The Balaban J connectivity index is 2.27. The Morgan fingerprint density at radius 1 is 1.60 bits per heavy atom. The maximum absolute atomic E-state index is 11.4. The Morgan fingerprint density at radius 2 is 2.27 bits per heavy atom. The summed E-state index contributed by atoms with van der Waals surface area (Å²) in [5, 5.41) is 11.1. The van der Waals surface area contributed by atoms with Gasteiger partial charge in [0.15, 0.2) is 0 Å². The molecule has 1 saturated heterocycles. The lowest BCUT2D eigenvalue weighted by molar-refractivity contribution is -0.141. The van der Waals surface area contributed by atoms with E-state index in [4.69, 9.17) is 5.11 Å². The average Bonchev–Trinajstić information content (AvgIpc) is 2.50. The molecule has 5 nitrogen and oxygen atoms in total. The number of amides is 1. The summed E-state index contributed by atoms with van der Waals surface area (Å²) >= 11 is 0. The number of nitrogens with zero attached hydrogens (tertiary/aromatic N) is 1. The standard InChI is InChI=1S/C10H18N2O3/c1-7(10(14)15)11-9(13)5-8-3-4-12(2)6-8/h7-8H,3-6H2,1-2H3,(H,11,13)(H,14,15)/t7-,8?/m0/s1. The van der Waals surface area contributed by atoms with Crippen LogP contribution in [0.3, 0.4) is 0 Å². The Labute approximate surface area is 89.4 Å². The van der Waals surface area contributed by atoms with Crippen LogP contribution in [0.2, 0.25) is 0 Å². The highest BCUT2D eigenvalue weighted by Crippen LogP contribution is 2.17. The Morgan fingerprint density at radius 3 is 2.73 bits per heavy atom. The Kier molecular flexibility index (Phi) is 4.08. The number of carbonyl (C=O) groups is 2. The van der Waals surface area contributed by atoms with Gasteiger partial charge in [0.2, 0.25) is 5.91 Å². The van der Waals surface area contributed by atoms with Gasteiger partial charge in [0, 0.05) is 13.0 Å². The van der Waals surface area contributed by atoms with E-state index in [1.165, 1.54) is 6.92 Å². The van der Waals surface area contributed by atoms with Gasteiger partial charge in [-0.3, -0.25) is 9.59 Å². The zero-order valence-electron chi connectivity index (χ0n) is 9.19. The topological polar surface area (TPSA) is 69.6 Å². The molecule has 2 N–H and O–H groups in total. The Hall–Kier alpha value is -1.10. The molecule has 15 heavy (non-hydrogen) atoms. The van der Waals surface area contributed by atoms with Crippen LogP contribution < -0.4 is 5.32 Å². The minimum atomic E-state index is -0.994. The molecule has 0 aliphatic carbocycles. The van der Waals surface area contributed by atoms with E-state index in [2.05, 4.69) is 10.2 Å². The summed E-state index contributed by atoms with van der Waals surface area (Å²) in [6.07, 6.45) is 1.45. The van der Waals surface area contributed by atoms with E-state index < -0.39 is 12.0 Å². The molecule has 1 fully saturated rings.